The number of hydrogen-bond acceptors (Lipinski definition) is 4. The highest BCUT2D eigenvalue weighted by Crippen LogP contribution is 2.36. The molecule has 4 rings (SSSR count). The number of halogens is 4. The second-order valence-electron chi connectivity index (χ2n) is 7.76. The first kappa shape index (κ1) is 21.5. The lowest BCUT2D eigenvalue weighted by molar-refractivity contribution is -0.140. The molecule has 1 saturated carbocycles. The Hall–Kier alpha value is -2.68. The van der Waals surface area contributed by atoms with Crippen molar-refractivity contribution in [2.75, 3.05) is 11.9 Å². The van der Waals surface area contributed by atoms with Crippen molar-refractivity contribution in [1.29, 1.82) is 0 Å². The zero-order valence-electron chi connectivity index (χ0n) is 16.7. The van der Waals surface area contributed by atoms with Gasteiger partial charge in [-0.2, -0.15) is 13.2 Å². The molecule has 0 spiro atoms. The van der Waals surface area contributed by atoms with Gasteiger partial charge in [0.1, 0.15) is 11.5 Å². The molecule has 1 fully saturated rings. The van der Waals surface area contributed by atoms with Gasteiger partial charge in [0, 0.05) is 35.6 Å². The number of carbonyl (C=O) groups excluding carboxylic acids is 1. The van der Waals surface area contributed by atoms with E-state index >= 15 is 0 Å². The zero-order valence-corrected chi connectivity index (χ0v) is 17.6. The summed E-state index contributed by atoms with van der Waals surface area (Å²) in [6.45, 7) is 0. The van der Waals surface area contributed by atoms with E-state index in [1.807, 2.05) is 4.90 Å². The molecule has 9 heteroatoms. The number of thiophene rings is 1. The lowest BCUT2D eigenvalue weighted by atomic mass is 9.89. The third-order valence-electron chi connectivity index (χ3n) is 5.74. The molecule has 0 unspecified atom stereocenters. The third kappa shape index (κ3) is 4.66. The fourth-order valence-electron chi connectivity index (χ4n) is 4.09. The molecular formula is C22H21F4N3OS. The molecule has 1 amide bonds. The number of benzene rings is 1. The lowest BCUT2D eigenvalue weighted by Gasteiger charge is -2.36. The minimum atomic E-state index is -4.52. The number of fused-ring (bicyclic) bond motifs is 1. The van der Waals surface area contributed by atoms with Gasteiger partial charge in [0.2, 0.25) is 0 Å². The number of carbonyl (C=O) groups is 1. The van der Waals surface area contributed by atoms with Gasteiger partial charge in [-0.3, -0.25) is 4.79 Å². The summed E-state index contributed by atoms with van der Waals surface area (Å²) >= 11 is 1.06. The fourth-order valence-corrected chi connectivity index (χ4v) is 4.74. The summed E-state index contributed by atoms with van der Waals surface area (Å²) in [5, 5.41) is 4.89. The summed E-state index contributed by atoms with van der Waals surface area (Å²) in [5.41, 5.74) is -0.0973. The molecule has 3 aromatic rings. The maximum absolute atomic E-state index is 13.4. The average Bonchev–Trinajstić information content (AvgIpc) is 3.19. The molecule has 1 aromatic carbocycles. The van der Waals surface area contributed by atoms with Crippen molar-refractivity contribution in [1.82, 2.24) is 10.3 Å². The predicted molar refractivity (Wildman–Crippen MR) is 113 cm³/mol. The van der Waals surface area contributed by atoms with Gasteiger partial charge in [-0.05, 0) is 43.9 Å². The SMILES string of the molecule is CN(c1cc(C(F)(F)F)nc2ccccc12)C1CCC(NC(=O)c2cc(F)cs2)CC1. The van der Waals surface area contributed by atoms with E-state index in [2.05, 4.69) is 10.3 Å². The largest absolute Gasteiger partial charge is 0.433 e. The smallest absolute Gasteiger partial charge is 0.371 e. The monoisotopic (exact) mass is 451 g/mol. The number of alkyl halides is 3. The Morgan fingerprint density at radius 3 is 2.52 bits per heavy atom. The van der Waals surface area contributed by atoms with Gasteiger partial charge in [0.05, 0.1) is 10.4 Å². The first-order valence-corrected chi connectivity index (χ1v) is 10.8. The van der Waals surface area contributed by atoms with Crippen LogP contribution in [0.2, 0.25) is 0 Å². The molecule has 1 aliphatic rings. The Balaban J connectivity index is 1.48. The Morgan fingerprint density at radius 2 is 1.87 bits per heavy atom. The molecule has 0 saturated heterocycles. The topological polar surface area (TPSA) is 45.2 Å². The van der Waals surface area contributed by atoms with Gasteiger partial charge < -0.3 is 10.2 Å². The molecule has 2 heterocycles. The molecule has 2 aromatic heterocycles. The summed E-state index contributed by atoms with van der Waals surface area (Å²) in [6, 6.07) is 9.15. The van der Waals surface area contributed by atoms with Crippen molar-refractivity contribution in [3.8, 4) is 0 Å². The van der Waals surface area contributed by atoms with Crippen LogP contribution in [0.1, 0.15) is 41.0 Å². The van der Waals surface area contributed by atoms with Crippen LogP contribution in [0.5, 0.6) is 0 Å². The number of amides is 1. The van der Waals surface area contributed by atoms with Gasteiger partial charge in [0.15, 0.2) is 0 Å². The maximum atomic E-state index is 13.4. The summed E-state index contributed by atoms with van der Waals surface area (Å²) < 4.78 is 53.2. The second kappa shape index (κ2) is 8.45. The number of nitrogens with one attached hydrogen (secondary N) is 1. The van der Waals surface area contributed by atoms with E-state index in [1.165, 1.54) is 11.4 Å². The van der Waals surface area contributed by atoms with Crippen LogP contribution in [-0.4, -0.2) is 30.0 Å². The quantitative estimate of drug-likeness (QED) is 0.523. The molecule has 1 N–H and O–H groups in total. The minimum absolute atomic E-state index is 0.0396. The van der Waals surface area contributed by atoms with Crippen molar-refractivity contribution >= 4 is 33.8 Å². The maximum Gasteiger partial charge on any atom is 0.433 e. The minimum Gasteiger partial charge on any atom is -0.371 e. The summed E-state index contributed by atoms with van der Waals surface area (Å²) in [7, 11) is 1.81. The molecule has 0 atom stereocenters. The summed E-state index contributed by atoms with van der Waals surface area (Å²) in [6.07, 6.45) is -1.69. The van der Waals surface area contributed by atoms with Crippen LogP contribution < -0.4 is 10.2 Å². The van der Waals surface area contributed by atoms with Gasteiger partial charge in [-0.25, -0.2) is 9.37 Å². The number of hydrogen-bond donors (Lipinski definition) is 1. The van der Waals surface area contributed by atoms with Gasteiger partial charge in [-0.15, -0.1) is 11.3 Å². The van der Waals surface area contributed by atoms with Gasteiger partial charge >= 0.3 is 6.18 Å². The van der Waals surface area contributed by atoms with Crippen LogP contribution >= 0.6 is 11.3 Å². The van der Waals surface area contributed by atoms with E-state index in [-0.39, 0.29) is 18.0 Å². The standard InChI is InChI=1S/C22H21F4N3OS/c1-29(18-11-20(22(24,25)26)28-17-5-3-2-4-16(17)18)15-8-6-14(7-9-15)27-21(30)19-10-13(23)12-31-19/h2-5,10-12,14-15H,6-9H2,1H3,(H,27,30). The Labute approximate surface area is 180 Å². The molecular weight excluding hydrogens is 430 g/mol. The highest BCUT2D eigenvalue weighted by Gasteiger charge is 2.34. The van der Waals surface area contributed by atoms with E-state index in [0.29, 0.717) is 34.3 Å². The number of nitrogens with zero attached hydrogens (tertiary/aromatic N) is 2. The first-order valence-electron chi connectivity index (χ1n) is 9.97. The van der Waals surface area contributed by atoms with Crippen LogP contribution in [0.15, 0.2) is 41.8 Å². The van der Waals surface area contributed by atoms with E-state index in [1.54, 1.807) is 31.3 Å². The van der Waals surface area contributed by atoms with Crippen molar-refractivity contribution in [2.24, 2.45) is 0 Å². The molecule has 0 radical (unpaired) electrons. The van der Waals surface area contributed by atoms with E-state index < -0.39 is 17.7 Å². The zero-order chi connectivity index (χ0) is 22.2. The molecule has 0 bridgehead atoms. The highest BCUT2D eigenvalue weighted by atomic mass is 32.1. The molecule has 4 nitrogen and oxygen atoms in total. The number of aromatic nitrogens is 1. The molecule has 164 valence electrons. The number of anilines is 1. The van der Waals surface area contributed by atoms with E-state index in [4.69, 9.17) is 0 Å². The number of para-hydroxylation sites is 1. The van der Waals surface area contributed by atoms with Crippen molar-refractivity contribution in [2.45, 2.75) is 43.9 Å². The van der Waals surface area contributed by atoms with Crippen LogP contribution in [0.3, 0.4) is 0 Å². The Bertz CT molecular complexity index is 1090. The Kier molecular flexibility index (Phi) is 5.88. The van der Waals surface area contributed by atoms with Crippen LogP contribution in [0.25, 0.3) is 10.9 Å². The van der Waals surface area contributed by atoms with Gasteiger partial charge in [-0.1, -0.05) is 18.2 Å². The normalized spacial score (nSPS) is 19.4. The molecule has 31 heavy (non-hydrogen) atoms. The number of pyridine rings is 1. The van der Waals surface area contributed by atoms with Crippen molar-refractivity contribution < 1.29 is 22.4 Å². The van der Waals surface area contributed by atoms with Gasteiger partial charge in [0.25, 0.3) is 5.91 Å². The second-order valence-corrected chi connectivity index (χ2v) is 8.67. The summed E-state index contributed by atoms with van der Waals surface area (Å²) in [4.78, 5) is 18.3. The average molecular weight is 451 g/mol. The fraction of sp³-hybridized carbons (Fsp3) is 0.364. The predicted octanol–water partition coefficient (Wildman–Crippen LogP) is 5.63. The Morgan fingerprint density at radius 1 is 1.16 bits per heavy atom. The van der Waals surface area contributed by atoms with Crippen LogP contribution in [-0.2, 0) is 6.18 Å². The van der Waals surface area contributed by atoms with Crippen molar-refractivity contribution in [3.05, 3.63) is 58.2 Å². The third-order valence-corrected chi connectivity index (χ3v) is 6.64. The van der Waals surface area contributed by atoms with Crippen molar-refractivity contribution in [3.63, 3.8) is 0 Å². The first-order chi connectivity index (χ1) is 14.7. The molecule has 1 aliphatic carbocycles. The van der Waals surface area contributed by atoms with Crippen LogP contribution in [0, 0.1) is 5.82 Å². The highest BCUT2D eigenvalue weighted by molar-refractivity contribution is 7.12. The lowest BCUT2D eigenvalue weighted by Crippen LogP contribution is -2.42. The van der Waals surface area contributed by atoms with Crippen LogP contribution in [0.4, 0.5) is 23.2 Å². The van der Waals surface area contributed by atoms with E-state index in [0.717, 1.165) is 30.2 Å². The summed E-state index contributed by atoms with van der Waals surface area (Å²) in [5.74, 6) is -0.719. The molecule has 0 aliphatic heterocycles. The number of rotatable bonds is 4. The van der Waals surface area contributed by atoms with E-state index in [9.17, 15) is 22.4 Å².